The van der Waals surface area contributed by atoms with Crippen molar-refractivity contribution in [3.63, 3.8) is 0 Å². The van der Waals surface area contributed by atoms with E-state index in [1.807, 2.05) is 44.2 Å². The first kappa shape index (κ1) is 18.1. The van der Waals surface area contributed by atoms with E-state index < -0.39 is 12.0 Å². The summed E-state index contributed by atoms with van der Waals surface area (Å²) in [4.78, 5) is 28.7. The maximum atomic E-state index is 12.4. The van der Waals surface area contributed by atoms with Gasteiger partial charge in [-0.25, -0.2) is 9.78 Å². The molecular weight excluding hydrogens is 324 g/mol. The number of hydrogen-bond acceptors (Lipinski definition) is 4. The Morgan fingerprint density at radius 3 is 2.50 bits per heavy atom. The first-order chi connectivity index (χ1) is 11.4. The van der Waals surface area contributed by atoms with Crippen molar-refractivity contribution in [2.45, 2.75) is 39.7 Å². The van der Waals surface area contributed by atoms with Crippen LogP contribution < -0.4 is 5.32 Å². The van der Waals surface area contributed by atoms with Crippen molar-refractivity contribution < 1.29 is 14.7 Å². The zero-order chi connectivity index (χ0) is 17.7. The summed E-state index contributed by atoms with van der Waals surface area (Å²) < 4.78 is 0. The number of amides is 1. The third-order valence-electron chi connectivity index (χ3n) is 3.56. The SMILES string of the molecule is Cc1nc(Cc2ccccc2)sc1C(=O)N[C@@H](CC(C)C)C(=O)O. The van der Waals surface area contributed by atoms with Crippen molar-refractivity contribution in [1.82, 2.24) is 10.3 Å². The van der Waals surface area contributed by atoms with Gasteiger partial charge in [-0.05, 0) is 24.8 Å². The van der Waals surface area contributed by atoms with Gasteiger partial charge in [0.15, 0.2) is 0 Å². The first-order valence-electron chi connectivity index (χ1n) is 7.90. The Morgan fingerprint density at radius 1 is 1.25 bits per heavy atom. The van der Waals surface area contributed by atoms with E-state index >= 15 is 0 Å². The molecule has 1 aromatic heterocycles. The van der Waals surface area contributed by atoms with Gasteiger partial charge >= 0.3 is 5.97 Å². The second-order valence-electron chi connectivity index (χ2n) is 6.18. The number of carbonyl (C=O) groups excluding carboxylic acids is 1. The Hall–Kier alpha value is -2.21. The number of aliphatic carboxylic acids is 1. The van der Waals surface area contributed by atoms with Crippen LogP contribution in [0.3, 0.4) is 0 Å². The molecule has 0 aliphatic carbocycles. The van der Waals surface area contributed by atoms with Crippen LogP contribution in [-0.4, -0.2) is 28.0 Å². The molecule has 0 aliphatic heterocycles. The molecule has 0 saturated carbocycles. The standard InChI is InChI=1S/C18H22N2O3S/c1-11(2)9-14(18(22)23)20-17(21)16-12(3)19-15(24-16)10-13-7-5-4-6-8-13/h4-8,11,14H,9-10H2,1-3H3,(H,20,21)(H,22,23)/t14-/m0/s1. The maximum Gasteiger partial charge on any atom is 0.326 e. The smallest absolute Gasteiger partial charge is 0.326 e. The number of thiazole rings is 1. The van der Waals surface area contributed by atoms with E-state index in [1.165, 1.54) is 11.3 Å². The van der Waals surface area contributed by atoms with E-state index in [0.29, 0.717) is 23.4 Å². The summed E-state index contributed by atoms with van der Waals surface area (Å²) >= 11 is 1.32. The van der Waals surface area contributed by atoms with Crippen molar-refractivity contribution in [2.75, 3.05) is 0 Å². The number of nitrogens with zero attached hydrogens (tertiary/aromatic N) is 1. The second-order valence-corrected chi connectivity index (χ2v) is 7.26. The second kappa shape index (κ2) is 8.06. The lowest BCUT2D eigenvalue weighted by molar-refractivity contribution is -0.139. The number of hydrogen-bond donors (Lipinski definition) is 2. The number of nitrogens with one attached hydrogen (secondary N) is 1. The Labute approximate surface area is 145 Å². The molecule has 1 amide bonds. The highest BCUT2D eigenvalue weighted by Gasteiger charge is 2.24. The molecule has 2 aromatic rings. The topological polar surface area (TPSA) is 79.3 Å². The normalized spacial score (nSPS) is 12.2. The molecule has 128 valence electrons. The monoisotopic (exact) mass is 346 g/mol. The van der Waals surface area contributed by atoms with Gasteiger partial charge in [-0.1, -0.05) is 44.2 Å². The molecule has 24 heavy (non-hydrogen) atoms. The summed E-state index contributed by atoms with van der Waals surface area (Å²) in [7, 11) is 0. The van der Waals surface area contributed by atoms with E-state index in [1.54, 1.807) is 6.92 Å². The molecule has 0 bridgehead atoms. The highest BCUT2D eigenvalue weighted by atomic mass is 32.1. The fourth-order valence-corrected chi connectivity index (χ4v) is 3.43. The summed E-state index contributed by atoms with van der Waals surface area (Å²) in [6.45, 7) is 5.63. The molecule has 6 heteroatoms. The van der Waals surface area contributed by atoms with Crippen molar-refractivity contribution in [1.29, 1.82) is 0 Å². The molecule has 0 spiro atoms. The molecule has 1 aromatic carbocycles. The van der Waals surface area contributed by atoms with Gasteiger partial charge in [0.25, 0.3) is 5.91 Å². The molecule has 0 radical (unpaired) electrons. The zero-order valence-corrected chi connectivity index (χ0v) is 14.9. The van der Waals surface area contributed by atoms with Crippen LogP contribution in [0.25, 0.3) is 0 Å². The third-order valence-corrected chi connectivity index (χ3v) is 4.71. The van der Waals surface area contributed by atoms with E-state index in [2.05, 4.69) is 10.3 Å². The van der Waals surface area contributed by atoms with Gasteiger partial charge in [-0.3, -0.25) is 4.79 Å². The molecule has 1 heterocycles. The third kappa shape index (κ3) is 4.89. The number of rotatable bonds is 7. The fraction of sp³-hybridized carbons (Fsp3) is 0.389. The van der Waals surface area contributed by atoms with Gasteiger partial charge in [0, 0.05) is 6.42 Å². The summed E-state index contributed by atoms with van der Waals surface area (Å²) in [5.41, 5.74) is 1.76. The predicted molar refractivity (Wildman–Crippen MR) is 94.4 cm³/mol. The van der Waals surface area contributed by atoms with Gasteiger partial charge < -0.3 is 10.4 Å². The minimum absolute atomic E-state index is 0.183. The van der Waals surface area contributed by atoms with Crippen LogP contribution in [0, 0.1) is 12.8 Å². The largest absolute Gasteiger partial charge is 0.480 e. The van der Waals surface area contributed by atoms with Crippen molar-refractivity contribution in [3.05, 3.63) is 51.5 Å². The molecule has 1 atom stereocenters. The fourth-order valence-electron chi connectivity index (χ4n) is 2.43. The Kier molecular flexibility index (Phi) is 6.09. The highest BCUT2D eigenvalue weighted by Crippen LogP contribution is 2.21. The number of carbonyl (C=O) groups is 2. The van der Waals surface area contributed by atoms with Crippen molar-refractivity contribution in [3.8, 4) is 0 Å². The van der Waals surface area contributed by atoms with Crippen LogP contribution in [0.2, 0.25) is 0 Å². The Bertz CT molecular complexity index is 710. The lowest BCUT2D eigenvalue weighted by Gasteiger charge is -2.15. The molecule has 0 aliphatic rings. The number of aryl methyl sites for hydroxylation is 1. The Morgan fingerprint density at radius 2 is 1.92 bits per heavy atom. The van der Waals surface area contributed by atoms with Gasteiger partial charge in [0.05, 0.1) is 10.7 Å². The summed E-state index contributed by atoms with van der Waals surface area (Å²) in [6.07, 6.45) is 1.06. The van der Waals surface area contributed by atoms with Gasteiger partial charge in [0.2, 0.25) is 0 Å². The molecule has 0 fully saturated rings. The van der Waals surface area contributed by atoms with E-state index in [0.717, 1.165) is 10.6 Å². The van der Waals surface area contributed by atoms with Crippen LogP contribution in [0.1, 0.15) is 46.2 Å². The van der Waals surface area contributed by atoms with Crippen molar-refractivity contribution in [2.24, 2.45) is 5.92 Å². The highest BCUT2D eigenvalue weighted by molar-refractivity contribution is 7.13. The number of aromatic nitrogens is 1. The number of benzene rings is 1. The minimum atomic E-state index is -1.01. The van der Waals surface area contributed by atoms with Crippen LogP contribution in [0.4, 0.5) is 0 Å². The molecule has 2 rings (SSSR count). The summed E-state index contributed by atoms with van der Waals surface area (Å²) in [5, 5.41) is 12.7. The van der Waals surface area contributed by atoms with Crippen LogP contribution in [0.5, 0.6) is 0 Å². The van der Waals surface area contributed by atoms with E-state index in [-0.39, 0.29) is 11.8 Å². The van der Waals surface area contributed by atoms with Crippen LogP contribution in [-0.2, 0) is 11.2 Å². The number of carboxylic acids is 1. The van der Waals surface area contributed by atoms with E-state index in [9.17, 15) is 14.7 Å². The Balaban J connectivity index is 2.10. The molecular formula is C18H22N2O3S. The quantitative estimate of drug-likeness (QED) is 0.806. The first-order valence-corrected chi connectivity index (χ1v) is 8.72. The number of carboxylic acid groups (broad SMARTS) is 1. The van der Waals surface area contributed by atoms with Crippen LogP contribution in [0.15, 0.2) is 30.3 Å². The molecule has 0 saturated heterocycles. The molecule has 0 unspecified atom stereocenters. The average molecular weight is 346 g/mol. The molecule has 2 N–H and O–H groups in total. The van der Waals surface area contributed by atoms with Gasteiger partial charge in [-0.15, -0.1) is 11.3 Å². The average Bonchev–Trinajstić information content (AvgIpc) is 2.87. The van der Waals surface area contributed by atoms with Gasteiger partial charge in [-0.2, -0.15) is 0 Å². The minimum Gasteiger partial charge on any atom is -0.480 e. The predicted octanol–water partition coefficient (Wildman–Crippen LogP) is 3.27. The van der Waals surface area contributed by atoms with Crippen molar-refractivity contribution >= 4 is 23.2 Å². The zero-order valence-electron chi connectivity index (χ0n) is 14.1. The summed E-state index contributed by atoms with van der Waals surface area (Å²) in [5.74, 6) is -1.19. The summed E-state index contributed by atoms with van der Waals surface area (Å²) in [6, 6.07) is 9.03. The van der Waals surface area contributed by atoms with E-state index in [4.69, 9.17) is 0 Å². The molecule has 5 nitrogen and oxygen atoms in total. The maximum absolute atomic E-state index is 12.4. The van der Waals surface area contributed by atoms with Gasteiger partial charge in [0.1, 0.15) is 10.9 Å². The lowest BCUT2D eigenvalue weighted by Crippen LogP contribution is -2.41. The van der Waals surface area contributed by atoms with Crippen LogP contribution >= 0.6 is 11.3 Å². The lowest BCUT2D eigenvalue weighted by atomic mass is 10.0.